The molecule has 1 aliphatic rings. The first kappa shape index (κ1) is 24.6. The quantitative estimate of drug-likeness (QED) is 0.318. The molecule has 37 heavy (non-hydrogen) atoms. The number of ketones is 1. The average molecular weight is 502 g/mol. The first-order valence-electron chi connectivity index (χ1n) is 12.1. The molecule has 4 aromatic rings. The van der Waals surface area contributed by atoms with E-state index in [-0.39, 0.29) is 30.9 Å². The van der Waals surface area contributed by atoms with Gasteiger partial charge in [-0.25, -0.2) is 9.37 Å². The largest absolute Gasteiger partial charge is 0.489 e. The molecule has 0 aliphatic carbocycles. The third-order valence-corrected chi connectivity index (χ3v) is 7.20. The maximum absolute atomic E-state index is 13.6. The summed E-state index contributed by atoms with van der Waals surface area (Å²) in [7, 11) is 0. The van der Waals surface area contributed by atoms with E-state index in [0.29, 0.717) is 28.3 Å². The molecule has 1 aliphatic heterocycles. The van der Waals surface area contributed by atoms with E-state index in [9.17, 15) is 19.1 Å². The Morgan fingerprint density at radius 3 is 2.62 bits per heavy atom. The number of ether oxygens (including phenoxy) is 1. The predicted octanol–water partition coefficient (Wildman–Crippen LogP) is 4.68. The number of benzene rings is 2. The molecule has 3 heterocycles. The van der Waals surface area contributed by atoms with Gasteiger partial charge in [0.2, 0.25) is 5.91 Å². The van der Waals surface area contributed by atoms with Crippen LogP contribution in [0, 0.1) is 12.7 Å². The van der Waals surface area contributed by atoms with Crippen molar-refractivity contribution in [2.75, 3.05) is 6.61 Å². The Labute approximate surface area is 213 Å². The minimum absolute atomic E-state index is 0.0253. The number of nitrogens with two attached hydrogens (primary N) is 1. The van der Waals surface area contributed by atoms with Crippen LogP contribution in [-0.2, 0) is 15.8 Å². The Bertz CT molecular complexity index is 1540. The van der Waals surface area contributed by atoms with Crippen LogP contribution in [0.3, 0.4) is 0 Å². The van der Waals surface area contributed by atoms with Crippen molar-refractivity contribution >= 4 is 22.6 Å². The lowest BCUT2D eigenvalue weighted by Crippen LogP contribution is -2.40. The second kappa shape index (κ2) is 8.81. The van der Waals surface area contributed by atoms with Gasteiger partial charge in [0, 0.05) is 28.5 Å². The normalized spacial score (nSPS) is 18.3. The zero-order valence-corrected chi connectivity index (χ0v) is 20.9. The zero-order chi connectivity index (χ0) is 26.5. The number of aliphatic hydroxyl groups is 1. The Kier molecular flexibility index (Phi) is 5.87. The van der Waals surface area contributed by atoms with Crippen LogP contribution >= 0.6 is 0 Å². The smallest absolute Gasteiger partial charge is 0.231 e. The van der Waals surface area contributed by atoms with E-state index in [0.717, 1.165) is 16.5 Å². The number of hydrogen-bond donors (Lipinski definition) is 3. The molecule has 0 saturated heterocycles. The molecule has 2 atom stereocenters. The van der Waals surface area contributed by atoms with Gasteiger partial charge >= 0.3 is 0 Å². The lowest BCUT2D eigenvalue weighted by atomic mass is 9.81. The van der Waals surface area contributed by atoms with Crippen molar-refractivity contribution in [3.05, 3.63) is 82.9 Å². The Morgan fingerprint density at radius 1 is 1.19 bits per heavy atom. The third-order valence-electron chi connectivity index (χ3n) is 7.20. The van der Waals surface area contributed by atoms with Gasteiger partial charge in [0.05, 0.1) is 11.4 Å². The highest BCUT2D eigenvalue weighted by Crippen LogP contribution is 2.46. The van der Waals surface area contributed by atoms with Gasteiger partial charge in [0.15, 0.2) is 5.78 Å². The maximum atomic E-state index is 13.6. The van der Waals surface area contributed by atoms with Gasteiger partial charge in [-0.1, -0.05) is 12.1 Å². The molecule has 0 fully saturated rings. The number of fused-ring (bicyclic) bond motifs is 2. The topological polar surface area (TPSA) is 118 Å². The molecule has 4 N–H and O–H groups in total. The molecule has 0 bridgehead atoms. The van der Waals surface area contributed by atoms with Crippen molar-refractivity contribution in [1.29, 1.82) is 0 Å². The predicted molar refractivity (Wildman–Crippen MR) is 138 cm³/mol. The van der Waals surface area contributed by atoms with Crippen LogP contribution in [0.1, 0.15) is 54.0 Å². The van der Waals surface area contributed by atoms with Gasteiger partial charge in [0.25, 0.3) is 0 Å². The summed E-state index contributed by atoms with van der Waals surface area (Å²) in [6.45, 7) is 5.26. The van der Waals surface area contributed by atoms with Crippen molar-refractivity contribution in [1.82, 2.24) is 9.97 Å². The summed E-state index contributed by atoms with van der Waals surface area (Å²) in [5, 5.41) is 12.4. The van der Waals surface area contributed by atoms with Crippen molar-refractivity contribution in [2.45, 2.75) is 44.6 Å². The summed E-state index contributed by atoms with van der Waals surface area (Å²) in [6, 6.07) is 15.1. The SMILES string of the molecule is Cc1ccc2cc(C(=O)CC[C@](C)(O)c3cc4c(c(-c5ccc(F)cc5)n3)OC[C@]4(C)C(N)=O)[nH]c2c1. The highest BCUT2D eigenvalue weighted by atomic mass is 19.1. The zero-order valence-electron chi connectivity index (χ0n) is 20.9. The second-order valence-electron chi connectivity index (χ2n) is 10.2. The van der Waals surface area contributed by atoms with E-state index in [2.05, 4.69) is 9.97 Å². The first-order valence-corrected chi connectivity index (χ1v) is 12.1. The lowest BCUT2D eigenvalue weighted by molar-refractivity contribution is -0.123. The number of aromatic amines is 1. The summed E-state index contributed by atoms with van der Waals surface area (Å²) in [5.74, 6) is -0.745. The molecule has 1 amide bonds. The molecule has 0 spiro atoms. The average Bonchev–Trinajstić information content (AvgIpc) is 3.44. The standard InChI is InChI=1S/C29H28FN3O4/c1-16-4-5-18-13-22(32-21(18)12-16)23(34)10-11-29(3,36)24-14-20-26(37-15-28(20,2)27(31)35)25(33-24)17-6-8-19(30)9-7-17/h4-9,12-14,32,36H,10-11,15H2,1-3H3,(H2,31,35)/t28-,29-/m0/s1. The molecule has 2 aromatic heterocycles. The van der Waals surface area contributed by atoms with Crippen molar-refractivity contribution in [2.24, 2.45) is 5.73 Å². The van der Waals surface area contributed by atoms with Gasteiger partial charge in [-0.15, -0.1) is 0 Å². The Balaban J connectivity index is 1.49. The van der Waals surface area contributed by atoms with Gasteiger partial charge in [-0.05, 0) is 75.2 Å². The first-order chi connectivity index (χ1) is 17.5. The van der Waals surface area contributed by atoms with Gasteiger partial charge < -0.3 is 20.6 Å². The molecule has 0 unspecified atom stereocenters. The highest BCUT2D eigenvalue weighted by molar-refractivity contribution is 5.99. The van der Waals surface area contributed by atoms with E-state index in [1.165, 1.54) is 12.1 Å². The number of hydrogen-bond acceptors (Lipinski definition) is 5. The van der Waals surface area contributed by atoms with Crippen LogP contribution in [0.4, 0.5) is 4.39 Å². The number of amides is 1. The lowest BCUT2D eigenvalue weighted by Gasteiger charge is -2.25. The Morgan fingerprint density at radius 2 is 1.92 bits per heavy atom. The minimum Gasteiger partial charge on any atom is -0.489 e. The van der Waals surface area contributed by atoms with Crippen molar-refractivity contribution < 1.29 is 23.8 Å². The Hall–Kier alpha value is -4.04. The fraction of sp³-hybridized carbons (Fsp3) is 0.276. The molecular formula is C29H28FN3O4. The van der Waals surface area contributed by atoms with Crippen molar-refractivity contribution in [3.8, 4) is 17.0 Å². The van der Waals surface area contributed by atoms with Crippen LogP contribution in [0.5, 0.6) is 5.75 Å². The highest BCUT2D eigenvalue weighted by Gasteiger charge is 2.45. The van der Waals surface area contributed by atoms with Gasteiger partial charge in [-0.3, -0.25) is 9.59 Å². The van der Waals surface area contributed by atoms with Gasteiger partial charge in [0.1, 0.15) is 34.9 Å². The van der Waals surface area contributed by atoms with Crippen LogP contribution in [-0.4, -0.2) is 33.4 Å². The van der Waals surface area contributed by atoms with Gasteiger partial charge in [-0.2, -0.15) is 0 Å². The van der Waals surface area contributed by atoms with E-state index in [4.69, 9.17) is 10.5 Å². The third kappa shape index (κ3) is 4.38. The number of halogens is 1. The van der Waals surface area contributed by atoms with E-state index in [1.807, 2.05) is 31.2 Å². The molecular weight excluding hydrogens is 473 g/mol. The monoisotopic (exact) mass is 501 g/mol. The number of aryl methyl sites for hydroxylation is 1. The summed E-state index contributed by atoms with van der Waals surface area (Å²) in [4.78, 5) is 33.2. The fourth-order valence-electron chi connectivity index (χ4n) is 4.68. The summed E-state index contributed by atoms with van der Waals surface area (Å²) in [5.41, 5.74) is 7.22. The van der Waals surface area contributed by atoms with Crippen LogP contribution in [0.25, 0.3) is 22.2 Å². The molecule has 2 aromatic carbocycles. The van der Waals surface area contributed by atoms with Crippen molar-refractivity contribution in [3.63, 3.8) is 0 Å². The molecule has 190 valence electrons. The number of nitrogens with one attached hydrogen (secondary N) is 1. The van der Waals surface area contributed by atoms with E-state index >= 15 is 0 Å². The van der Waals surface area contributed by atoms with E-state index in [1.54, 1.807) is 32.0 Å². The number of aromatic nitrogens is 2. The molecule has 0 radical (unpaired) electrons. The van der Waals surface area contributed by atoms with Crippen LogP contribution < -0.4 is 10.5 Å². The minimum atomic E-state index is -1.51. The molecule has 0 saturated carbocycles. The number of Topliss-reactive ketones (excluding diaryl/α,β-unsaturated/α-hetero) is 1. The fourth-order valence-corrected chi connectivity index (χ4v) is 4.68. The number of H-pyrrole nitrogens is 1. The number of primary amides is 1. The molecule has 5 rings (SSSR count). The molecule has 7 nitrogen and oxygen atoms in total. The van der Waals surface area contributed by atoms with Crippen LogP contribution in [0.15, 0.2) is 54.6 Å². The number of pyridine rings is 1. The molecule has 8 heteroatoms. The summed E-state index contributed by atoms with van der Waals surface area (Å²) in [6.07, 6.45) is 0.149. The summed E-state index contributed by atoms with van der Waals surface area (Å²) < 4.78 is 19.4. The maximum Gasteiger partial charge on any atom is 0.231 e. The summed E-state index contributed by atoms with van der Waals surface area (Å²) >= 11 is 0. The van der Waals surface area contributed by atoms with Crippen LogP contribution in [0.2, 0.25) is 0 Å². The van der Waals surface area contributed by atoms with E-state index < -0.39 is 22.7 Å². The number of carbonyl (C=O) groups is 2. The number of nitrogens with zero attached hydrogens (tertiary/aromatic N) is 1. The number of rotatable bonds is 7. The second-order valence-corrected chi connectivity index (χ2v) is 10.2. The number of carbonyl (C=O) groups excluding carboxylic acids is 2.